The molecule has 1 fully saturated rings. The fourth-order valence-corrected chi connectivity index (χ4v) is 5.77. The molecule has 1 amide bonds. The molecule has 14 heteroatoms. The number of amides is 1. The quantitative estimate of drug-likeness (QED) is 0.443. The number of rotatable bonds is 4. The minimum absolute atomic E-state index is 0.0809. The van der Waals surface area contributed by atoms with Crippen LogP contribution in [0.4, 0.5) is 13.2 Å². The van der Waals surface area contributed by atoms with Crippen LogP contribution < -0.4 is 5.32 Å². The zero-order valence-corrected chi connectivity index (χ0v) is 20.1. The minimum Gasteiger partial charge on any atom is -0.410 e. The maximum atomic E-state index is 14.4. The second kappa shape index (κ2) is 8.68. The van der Waals surface area contributed by atoms with Crippen molar-refractivity contribution in [3.8, 4) is 0 Å². The van der Waals surface area contributed by atoms with E-state index >= 15 is 0 Å². The van der Waals surface area contributed by atoms with Gasteiger partial charge in [-0.15, -0.1) is 0 Å². The molecule has 1 unspecified atom stereocenters. The highest BCUT2D eigenvalue weighted by Gasteiger charge is 2.67. The molecule has 2 aliphatic heterocycles. The third-order valence-corrected chi connectivity index (χ3v) is 7.85. The van der Waals surface area contributed by atoms with Crippen molar-refractivity contribution in [2.24, 2.45) is 10.3 Å². The van der Waals surface area contributed by atoms with Crippen molar-refractivity contribution in [1.29, 1.82) is 0 Å². The zero-order valence-electron chi connectivity index (χ0n) is 17.7. The summed E-state index contributed by atoms with van der Waals surface area (Å²) in [5, 5.41) is 18.5. The van der Waals surface area contributed by atoms with Crippen LogP contribution in [0.15, 0.2) is 46.7 Å². The summed E-state index contributed by atoms with van der Waals surface area (Å²) in [7, 11) is -3.14. The average molecular weight is 550 g/mol. The normalized spacial score (nSPS) is 22.9. The van der Waals surface area contributed by atoms with Gasteiger partial charge in [-0.05, 0) is 42.8 Å². The van der Waals surface area contributed by atoms with Crippen molar-refractivity contribution in [1.82, 2.24) is 5.32 Å². The van der Waals surface area contributed by atoms with Crippen molar-refractivity contribution >= 4 is 50.4 Å². The summed E-state index contributed by atoms with van der Waals surface area (Å²) in [6, 6.07) is 6.70. The third kappa shape index (κ3) is 4.45. The van der Waals surface area contributed by atoms with Crippen molar-refractivity contribution in [2.45, 2.75) is 24.7 Å². The van der Waals surface area contributed by atoms with Crippen molar-refractivity contribution in [3.05, 3.63) is 68.7 Å². The average Bonchev–Trinajstić information content (AvgIpc) is 3.12. The van der Waals surface area contributed by atoms with Crippen LogP contribution in [0.25, 0.3) is 0 Å². The highest BCUT2D eigenvalue weighted by Crippen LogP contribution is 2.48. The van der Waals surface area contributed by atoms with E-state index in [4.69, 9.17) is 28.0 Å². The molecule has 0 aromatic heterocycles. The van der Waals surface area contributed by atoms with E-state index < -0.39 is 50.6 Å². The van der Waals surface area contributed by atoms with Gasteiger partial charge in [0.1, 0.15) is 5.71 Å². The van der Waals surface area contributed by atoms with Crippen LogP contribution in [-0.4, -0.2) is 54.7 Å². The van der Waals surface area contributed by atoms with Crippen molar-refractivity contribution in [3.63, 3.8) is 0 Å². The molecule has 0 spiro atoms. The molecular formula is C21H16Cl2F3N3O5S. The van der Waals surface area contributed by atoms with E-state index in [9.17, 15) is 31.6 Å². The smallest absolute Gasteiger partial charge is 0.410 e. The first-order chi connectivity index (χ1) is 16.3. The second-order valence-corrected chi connectivity index (χ2v) is 11.1. The summed E-state index contributed by atoms with van der Waals surface area (Å²) in [6.45, 7) is 1.54. The van der Waals surface area contributed by atoms with Gasteiger partial charge in [-0.2, -0.15) is 13.2 Å². The predicted molar refractivity (Wildman–Crippen MR) is 122 cm³/mol. The lowest BCUT2D eigenvalue weighted by molar-refractivity contribution is -0.250. The number of aryl methyl sites for hydroxylation is 1. The van der Waals surface area contributed by atoms with Gasteiger partial charge in [0, 0.05) is 26.7 Å². The summed E-state index contributed by atoms with van der Waals surface area (Å²) in [4.78, 5) is 17.4. The first-order valence-electron chi connectivity index (χ1n) is 9.92. The van der Waals surface area contributed by atoms with Crippen molar-refractivity contribution in [2.75, 3.05) is 11.5 Å². The van der Waals surface area contributed by atoms with E-state index in [1.807, 2.05) is 0 Å². The van der Waals surface area contributed by atoms with Gasteiger partial charge in [0.2, 0.25) is 0 Å². The Morgan fingerprint density at radius 2 is 1.83 bits per heavy atom. The lowest BCUT2D eigenvalue weighted by Gasteiger charge is -2.29. The molecular weight excluding hydrogens is 534 g/mol. The highest BCUT2D eigenvalue weighted by molar-refractivity contribution is 7.92. The Hall–Kier alpha value is -2.83. The number of halogens is 5. The molecule has 0 radical (unpaired) electrons. The number of nitrogens with one attached hydrogen (secondary N) is 1. The molecule has 0 aliphatic carbocycles. The van der Waals surface area contributed by atoms with Gasteiger partial charge in [0.25, 0.3) is 5.91 Å². The maximum Gasteiger partial charge on any atom is 0.441 e. The number of carbonyl (C=O) groups excluding carboxylic acids is 1. The zero-order chi connectivity index (χ0) is 25.8. The van der Waals surface area contributed by atoms with E-state index in [1.54, 1.807) is 0 Å². The second-order valence-electron chi connectivity index (χ2n) is 8.09. The Bertz CT molecular complexity index is 1360. The van der Waals surface area contributed by atoms with Gasteiger partial charge in [-0.25, -0.2) is 8.42 Å². The van der Waals surface area contributed by atoms with E-state index in [0.29, 0.717) is 5.56 Å². The predicted octanol–water partition coefficient (Wildman–Crippen LogP) is 3.85. The molecule has 8 nitrogen and oxygen atoms in total. The van der Waals surface area contributed by atoms with Gasteiger partial charge in [-0.1, -0.05) is 39.6 Å². The Balaban J connectivity index is 1.68. The lowest BCUT2D eigenvalue weighted by Crippen LogP contribution is -2.53. The summed E-state index contributed by atoms with van der Waals surface area (Å²) < 4.78 is 65.7. The largest absolute Gasteiger partial charge is 0.441 e. The molecule has 0 bridgehead atoms. The molecule has 2 aromatic rings. The maximum absolute atomic E-state index is 14.4. The molecule has 0 saturated carbocycles. The van der Waals surface area contributed by atoms with Gasteiger partial charge < -0.3 is 15.4 Å². The molecule has 2 heterocycles. The molecule has 1 saturated heterocycles. The van der Waals surface area contributed by atoms with Crippen LogP contribution >= 0.6 is 23.2 Å². The van der Waals surface area contributed by atoms with E-state index in [-0.39, 0.29) is 32.7 Å². The Kier molecular flexibility index (Phi) is 6.27. The van der Waals surface area contributed by atoms with E-state index in [0.717, 1.165) is 12.1 Å². The number of nitrogens with zero attached hydrogens (tertiary/aromatic N) is 2. The van der Waals surface area contributed by atoms with E-state index in [1.165, 1.54) is 31.2 Å². The van der Waals surface area contributed by atoms with E-state index in [2.05, 4.69) is 15.6 Å². The first kappa shape index (κ1) is 25.3. The van der Waals surface area contributed by atoms with Gasteiger partial charge in [0.15, 0.2) is 15.5 Å². The summed E-state index contributed by atoms with van der Waals surface area (Å²) in [5.74, 6) is -0.853. The number of oxime groups is 2. The van der Waals surface area contributed by atoms with Crippen LogP contribution in [0.3, 0.4) is 0 Å². The Morgan fingerprint density at radius 3 is 2.34 bits per heavy atom. The first-order valence-corrected chi connectivity index (χ1v) is 12.5. The van der Waals surface area contributed by atoms with Crippen LogP contribution in [0.5, 0.6) is 0 Å². The third-order valence-electron chi connectivity index (χ3n) is 5.59. The monoisotopic (exact) mass is 549 g/mol. The van der Waals surface area contributed by atoms with Gasteiger partial charge in [-0.3, -0.25) is 4.79 Å². The molecule has 35 heavy (non-hydrogen) atoms. The topological polar surface area (TPSA) is 117 Å². The van der Waals surface area contributed by atoms with Crippen LogP contribution in [0.1, 0.15) is 27.0 Å². The molecule has 2 aliphatic rings. The fourth-order valence-electron chi connectivity index (χ4n) is 3.95. The number of alkyl halides is 3. The SMILES string of the molecule is Cc1cc(C2=NOC(c3cc(Cl)cc(Cl)c3)(C(F)(F)F)/C2=N/O)ccc1C(=O)NC1CS(=O)(=O)C1. The summed E-state index contributed by atoms with van der Waals surface area (Å²) in [6.07, 6.45) is -5.13. The Morgan fingerprint density at radius 1 is 1.20 bits per heavy atom. The number of carbonyl (C=O) groups is 1. The Labute approximate surface area is 207 Å². The van der Waals surface area contributed by atoms with Gasteiger partial charge >= 0.3 is 11.8 Å². The standard InChI is InChI=1S/C21H16Cl2F3N3O5S/c1-10-4-11(2-3-16(10)19(30)27-15-8-35(32,33)9-15)17-18(28-31)20(34-29-17,21(24,25)26)12-5-13(22)7-14(23)6-12/h2-7,15,31H,8-9H2,1H3,(H,27,30)/b28-18+. The molecule has 4 rings (SSSR count). The summed E-state index contributed by atoms with van der Waals surface area (Å²) in [5.41, 5.74) is -4.57. The highest BCUT2D eigenvalue weighted by atomic mass is 35.5. The molecule has 2 N–H and O–H groups in total. The van der Waals surface area contributed by atoms with Crippen LogP contribution in [0, 0.1) is 6.92 Å². The number of benzene rings is 2. The molecule has 1 atom stereocenters. The minimum atomic E-state index is -5.13. The van der Waals surface area contributed by atoms with Crippen molar-refractivity contribution < 1.29 is 36.4 Å². The summed E-state index contributed by atoms with van der Waals surface area (Å²) >= 11 is 11.8. The van der Waals surface area contributed by atoms with Crippen LogP contribution in [-0.2, 0) is 20.3 Å². The number of hydrogen-bond acceptors (Lipinski definition) is 7. The number of hydrogen-bond donors (Lipinski definition) is 2. The van der Waals surface area contributed by atoms with Crippen LogP contribution in [0.2, 0.25) is 10.0 Å². The molecule has 186 valence electrons. The lowest BCUT2D eigenvalue weighted by atomic mass is 9.84. The fraction of sp³-hybridized carbons (Fsp3) is 0.286. The van der Waals surface area contributed by atoms with Gasteiger partial charge in [0.05, 0.1) is 17.5 Å². The molecule has 2 aromatic carbocycles. The number of sulfone groups is 1.